The van der Waals surface area contributed by atoms with E-state index in [1.165, 1.54) is 18.2 Å². The van der Waals surface area contributed by atoms with Crippen LogP contribution in [0.3, 0.4) is 0 Å². The van der Waals surface area contributed by atoms with Crippen LogP contribution < -0.4 is 5.32 Å². The van der Waals surface area contributed by atoms with Crippen molar-refractivity contribution in [1.29, 1.82) is 5.26 Å². The van der Waals surface area contributed by atoms with Gasteiger partial charge in [0.25, 0.3) is 0 Å². The van der Waals surface area contributed by atoms with Gasteiger partial charge in [0.2, 0.25) is 0 Å². The third-order valence-corrected chi connectivity index (χ3v) is 3.38. The van der Waals surface area contributed by atoms with Crippen molar-refractivity contribution >= 4 is 0 Å². The summed E-state index contributed by atoms with van der Waals surface area (Å²) in [7, 11) is 0. The minimum atomic E-state index is -0.765. The van der Waals surface area contributed by atoms with E-state index in [9.17, 15) is 9.50 Å². The number of rotatable bonds is 4. The molecule has 0 bridgehead atoms. The third kappa shape index (κ3) is 3.74. The van der Waals surface area contributed by atoms with Crippen molar-refractivity contribution in [1.82, 2.24) is 5.32 Å². The fraction of sp³-hybridized carbons (Fsp3) is 0.500. The molecule has 0 amide bonds. The molecule has 0 spiro atoms. The molecule has 5 heteroatoms. The lowest BCUT2D eigenvalue weighted by Gasteiger charge is -2.32. The van der Waals surface area contributed by atoms with Crippen molar-refractivity contribution in [3.63, 3.8) is 0 Å². The van der Waals surface area contributed by atoms with Gasteiger partial charge in [-0.3, -0.25) is 0 Å². The number of hydrogen-bond acceptors (Lipinski definition) is 4. The maximum Gasteiger partial charge on any atom is 0.123 e. The first-order valence-corrected chi connectivity index (χ1v) is 6.32. The summed E-state index contributed by atoms with van der Waals surface area (Å²) in [5.41, 5.74) is 0.296. The zero-order chi connectivity index (χ0) is 13.7. The van der Waals surface area contributed by atoms with E-state index >= 15 is 0 Å². The van der Waals surface area contributed by atoms with E-state index in [-0.39, 0.29) is 5.82 Å². The molecule has 1 aromatic rings. The number of nitriles is 1. The predicted molar refractivity (Wildman–Crippen MR) is 67.8 cm³/mol. The molecule has 1 aliphatic rings. The van der Waals surface area contributed by atoms with Crippen LogP contribution in [0.5, 0.6) is 0 Å². The van der Waals surface area contributed by atoms with Gasteiger partial charge in [0.1, 0.15) is 5.82 Å². The van der Waals surface area contributed by atoms with Crippen LogP contribution in [0.15, 0.2) is 18.2 Å². The Labute approximate surface area is 111 Å². The highest BCUT2D eigenvalue weighted by Crippen LogP contribution is 2.19. The van der Waals surface area contributed by atoms with E-state index in [4.69, 9.17) is 10.00 Å². The summed E-state index contributed by atoms with van der Waals surface area (Å²) >= 11 is 0. The first-order chi connectivity index (χ1) is 9.13. The monoisotopic (exact) mass is 264 g/mol. The van der Waals surface area contributed by atoms with E-state index in [1.54, 1.807) is 0 Å². The molecular weight excluding hydrogens is 247 g/mol. The highest BCUT2D eigenvalue weighted by Gasteiger charge is 2.29. The highest BCUT2D eigenvalue weighted by molar-refractivity contribution is 5.37. The van der Waals surface area contributed by atoms with Gasteiger partial charge >= 0.3 is 0 Å². The zero-order valence-electron chi connectivity index (χ0n) is 10.7. The molecule has 1 saturated heterocycles. The van der Waals surface area contributed by atoms with Gasteiger partial charge in [-0.1, -0.05) is 0 Å². The molecule has 2 N–H and O–H groups in total. The van der Waals surface area contributed by atoms with Gasteiger partial charge in [-0.05, 0) is 23.8 Å². The van der Waals surface area contributed by atoms with Crippen LogP contribution in [0.1, 0.15) is 24.0 Å². The van der Waals surface area contributed by atoms with Crippen LogP contribution in [0.2, 0.25) is 0 Å². The number of aliphatic hydroxyl groups is 1. The van der Waals surface area contributed by atoms with Crippen molar-refractivity contribution in [2.24, 2.45) is 0 Å². The van der Waals surface area contributed by atoms with Gasteiger partial charge in [0.05, 0.1) is 17.2 Å². The number of benzene rings is 1. The summed E-state index contributed by atoms with van der Waals surface area (Å²) in [6.07, 6.45) is 1.18. The molecule has 1 fully saturated rings. The van der Waals surface area contributed by atoms with Crippen molar-refractivity contribution in [2.45, 2.75) is 25.0 Å². The lowest BCUT2D eigenvalue weighted by atomic mass is 9.94. The Bertz CT molecular complexity index is 479. The number of nitrogens with one attached hydrogen (secondary N) is 1. The molecule has 1 heterocycles. The van der Waals surface area contributed by atoms with E-state index < -0.39 is 5.60 Å². The Kier molecular flexibility index (Phi) is 4.48. The lowest BCUT2D eigenvalue weighted by molar-refractivity contribution is -0.0617. The first-order valence-electron chi connectivity index (χ1n) is 6.32. The maximum absolute atomic E-state index is 13.1. The van der Waals surface area contributed by atoms with Crippen molar-refractivity contribution in [3.8, 4) is 6.07 Å². The quantitative estimate of drug-likeness (QED) is 0.861. The van der Waals surface area contributed by atoms with Crippen molar-refractivity contribution < 1.29 is 14.2 Å². The van der Waals surface area contributed by atoms with Crippen LogP contribution in [0.25, 0.3) is 0 Å². The van der Waals surface area contributed by atoms with Crippen LogP contribution in [0.4, 0.5) is 4.39 Å². The van der Waals surface area contributed by atoms with E-state index in [2.05, 4.69) is 5.32 Å². The average Bonchev–Trinajstić information content (AvgIpc) is 2.40. The Morgan fingerprint density at radius 2 is 2.16 bits per heavy atom. The summed E-state index contributed by atoms with van der Waals surface area (Å²) in [5, 5.41) is 22.3. The SMILES string of the molecule is N#Cc1ccc(F)cc1CNCC1(O)CCOCC1. The highest BCUT2D eigenvalue weighted by atomic mass is 19.1. The molecule has 0 saturated carbocycles. The van der Waals surface area contributed by atoms with Gasteiger partial charge in [0.15, 0.2) is 0 Å². The van der Waals surface area contributed by atoms with Gasteiger partial charge < -0.3 is 15.2 Å². The van der Waals surface area contributed by atoms with E-state index in [1.807, 2.05) is 6.07 Å². The minimum Gasteiger partial charge on any atom is -0.388 e. The molecule has 2 rings (SSSR count). The molecule has 1 aliphatic heterocycles. The number of hydrogen-bond donors (Lipinski definition) is 2. The maximum atomic E-state index is 13.1. The molecule has 1 aromatic carbocycles. The molecule has 0 unspecified atom stereocenters. The second-order valence-corrected chi connectivity index (χ2v) is 4.85. The standard InChI is InChI=1S/C14H17FN2O2/c15-13-2-1-11(8-16)12(7-13)9-17-10-14(18)3-5-19-6-4-14/h1-2,7,17-18H,3-6,9-10H2. The first kappa shape index (κ1) is 13.9. The van der Waals surface area contributed by atoms with Gasteiger partial charge in [-0.25, -0.2) is 4.39 Å². The molecule has 0 aliphatic carbocycles. The van der Waals surface area contributed by atoms with Crippen LogP contribution >= 0.6 is 0 Å². The topological polar surface area (TPSA) is 65.3 Å². The third-order valence-electron chi connectivity index (χ3n) is 3.38. The lowest BCUT2D eigenvalue weighted by Crippen LogP contribution is -2.44. The van der Waals surface area contributed by atoms with Gasteiger partial charge in [-0.2, -0.15) is 5.26 Å². The molecule has 0 radical (unpaired) electrons. The number of halogens is 1. The molecule has 4 nitrogen and oxygen atoms in total. The van der Waals surface area contributed by atoms with Gasteiger partial charge in [0, 0.05) is 39.1 Å². The van der Waals surface area contributed by atoms with E-state index in [0.29, 0.717) is 50.3 Å². The largest absolute Gasteiger partial charge is 0.388 e. The van der Waals surface area contributed by atoms with Crippen molar-refractivity contribution in [2.75, 3.05) is 19.8 Å². The smallest absolute Gasteiger partial charge is 0.123 e. The van der Waals surface area contributed by atoms with Crippen LogP contribution in [0, 0.1) is 17.1 Å². The summed E-state index contributed by atoms with van der Waals surface area (Å²) in [6.45, 7) is 1.89. The Morgan fingerprint density at radius 1 is 1.42 bits per heavy atom. The number of ether oxygens (including phenoxy) is 1. The Hall–Kier alpha value is -1.48. The molecule has 102 valence electrons. The Morgan fingerprint density at radius 3 is 2.84 bits per heavy atom. The molecular formula is C14H17FN2O2. The average molecular weight is 264 g/mol. The van der Waals surface area contributed by atoms with Crippen LogP contribution in [-0.4, -0.2) is 30.5 Å². The minimum absolute atomic E-state index is 0.361. The summed E-state index contributed by atoms with van der Waals surface area (Å²) in [5.74, 6) is -0.361. The Balaban J connectivity index is 1.92. The fourth-order valence-corrected chi connectivity index (χ4v) is 2.18. The fourth-order valence-electron chi connectivity index (χ4n) is 2.18. The second kappa shape index (κ2) is 6.11. The summed E-state index contributed by atoms with van der Waals surface area (Å²) in [6, 6.07) is 6.12. The van der Waals surface area contributed by atoms with Crippen molar-refractivity contribution in [3.05, 3.63) is 35.1 Å². The number of nitrogens with zero attached hydrogens (tertiary/aromatic N) is 1. The van der Waals surface area contributed by atoms with Crippen LogP contribution in [-0.2, 0) is 11.3 Å². The van der Waals surface area contributed by atoms with Gasteiger partial charge in [-0.15, -0.1) is 0 Å². The summed E-state index contributed by atoms with van der Waals surface area (Å²) < 4.78 is 18.3. The predicted octanol–water partition coefficient (Wildman–Crippen LogP) is 1.33. The molecule has 0 aromatic heterocycles. The summed E-state index contributed by atoms with van der Waals surface area (Å²) in [4.78, 5) is 0. The second-order valence-electron chi connectivity index (χ2n) is 4.85. The van der Waals surface area contributed by atoms with E-state index in [0.717, 1.165) is 0 Å². The molecule has 0 atom stereocenters. The zero-order valence-corrected chi connectivity index (χ0v) is 10.7. The normalized spacial score (nSPS) is 17.9. The molecule has 19 heavy (non-hydrogen) atoms.